The van der Waals surface area contributed by atoms with Gasteiger partial charge in [-0.15, -0.1) is 0 Å². The maximum absolute atomic E-state index is 2.77. The molecule has 0 aliphatic carbocycles. The summed E-state index contributed by atoms with van der Waals surface area (Å²) in [7, 11) is 0. The van der Waals surface area contributed by atoms with Crippen LogP contribution in [0.25, 0.3) is 0 Å². The van der Waals surface area contributed by atoms with Gasteiger partial charge in [0.05, 0.1) is 0 Å². The molecule has 0 spiro atoms. The minimum Gasteiger partial charge on any atom is -0.300 e. The summed E-state index contributed by atoms with van der Waals surface area (Å²) in [4.78, 5) is 4.24. The minimum absolute atomic E-state index is 0.833. The molecule has 2 saturated heterocycles. The van der Waals surface area contributed by atoms with Crippen molar-refractivity contribution in [3.05, 3.63) is 28.8 Å². The Labute approximate surface area is 146 Å². The highest BCUT2D eigenvalue weighted by molar-refractivity contribution is 7.97. The molecule has 3 heteroatoms. The molecule has 0 bridgehead atoms. The molecule has 23 heavy (non-hydrogen) atoms. The SMILES string of the molecule is Cc1cc(C)c(SN2CCC(N3CCC(C)CC3)CC2)c(C)c1. The summed E-state index contributed by atoms with van der Waals surface area (Å²) in [5.74, 6) is 0.939. The molecule has 2 heterocycles. The number of hydrogen-bond acceptors (Lipinski definition) is 3. The number of hydrogen-bond donors (Lipinski definition) is 0. The molecule has 128 valence electrons. The standard InChI is InChI=1S/C20H32N2S/c1-15-5-9-21(10-6-15)19-7-11-22(12-8-19)23-20-17(3)13-16(2)14-18(20)4/h13-15,19H,5-12H2,1-4H3. The zero-order valence-electron chi connectivity index (χ0n) is 15.3. The lowest BCUT2D eigenvalue weighted by Gasteiger charge is -2.41. The maximum atomic E-state index is 2.77. The topological polar surface area (TPSA) is 6.48 Å². The first kappa shape index (κ1) is 17.3. The predicted octanol–water partition coefficient (Wildman–Crippen LogP) is 4.82. The number of nitrogens with zero attached hydrogens (tertiary/aromatic N) is 2. The van der Waals surface area contributed by atoms with Gasteiger partial charge in [0.1, 0.15) is 0 Å². The number of aryl methyl sites for hydroxylation is 3. The fourth-order valence-corrected chi connectivity index (χ4v) is 5.19. The fraction of sp³-hybridized carbons (Fsp3) is 0.700. The Bertz CT molecular complexity index is 503. The lowest BCUT2D eigenvalue weighted by Crippen LogP contribution is -2.46. The van der Waals surface area contributed by atoms with Crippen molar-refractivity contribution in [3.63, 3.8) is 0 Å². The smallest absolute Gasteiger partial charge is 0.0288 e. The van der Waals surface area contributed by atoms with Crippen molar-refractivity contribution in [2.45, 2.75) is 64.3 Å². The van der Waals surface area contributed by atoms with Gasteiger partial charge in [0, 0.05) is 24.0 Å². The molecular formula is C20H32N2S. The van der Waals surface area contributed by atoms with E-state index in [0.29, 0.717) is 0 Å². The Morgan fingerprint density at radius 1 is 0.870 bits per heavy atom. The molecule has 0 amide bonds. The van der Waals surface area contributed by atoms with E-state index < -0.39 is 0 Å². The van der Waals surface area contributed by atoms with E-state index in [2.05, 4.69) is 49.0 Å². The lowest BCUT2D eigenvalue weighted by atomic mass is 9.95. The Hall–Kier alpha value is -0.510. The number of benzene rings is 1. The van der Waals surface area contributed by atoms with E-state index in [9.17, 15) is 0 Å². The molecule has 0 atom stereocenters. The Kier molecular flexibility index (Phi) is 5.71. The van der Waals surface area contributed by atoms with E-state index in [1.807, 2.05) is 11.9 Å². The van der Waals surface area contributed by atoms with Gasteiger partial charge in [-0.05, 0) is 88.5 Å². The van der Waals surface area contributed by atoms with Crippen LogP contribution in [0, 0.1) is 26.7 Å². The fourth-order valence-electron chi connectivity index (χ4n) is 4.13. The van der Waals surface area contributed by atoms with Gasteiger partial charge in [0.15, 0.2) is 0 Å². The molecule has 0 radical (unpaired) electrons. The zero-order valence-corrected chi connectivity index (χ0v) is 16.1. The normalized spacial score (nSPS) is 22.6. The van der Waals surface area contributed by atoms with Crippen LogP contribution in [0.5, 0.6) is 0 Å². The zero-order chi connectivity index (χ0) is 16.4. The van der Waals surface area contributed by atoms with Crippen molar-refractivity contribution in [1.82, 2.24) is 9.21 Å². The summed E-state index contributed by atoms with van der Waals surface area (Å²) in [5, 5.41) is 0. The molecule has 1 aromatic carbocycles. The second-order valence-corrected chi connectivity index (χ2v) is 8.81. The molecule has 1 aromatic rings. The van der Waals surface area contributed by atoms with Crippen molar-refractivity contribution in [1.29, 1.82) is 0 Å². The third kappa shape index (κ3) is 4.32. The van der Waals surface area contributed by atoms with Crippen LogP contribution in [-0.4, -0.2) is 41.4 Å². The van der Waals surface area contributed by atoms with E-state index in [-0.39, 0.29) is 0 Å². The van der Waals surface area contributed by atoms with E-state index in [1.54, 1.807) is 0 Å². The lowest BCUT2D eigenvalue weighted by molar-refractivity contribution is 0.103. The Morgan fingerprint density at radius 2 is 1.43 bits per heavy atom. The average Bonchev–Trinajstić information content (AvgIpc) is 2.52. The van der Waals surface area contributed by atoms with Crippen LogP contribution in [-0.2, 0) is 0 Å². The summed E-state index contributed by atoms with van der Waals surface area (Å²) in [6.07, 6.45) is 5.48. The van der Waals surface area contributed by atoms with E-state index in [0.717, 1.165) is 12.0 Å². The van der Waals surface area contributed by atoms with Crippen LogP contribution < -0.4 is 0 Å². The molecular weight excluding hydrogens is 300 g/mol. The van der Waals surface area contributed by atoms with Crippen LogP contribution in [0.2, 0.25) is 0 Å². The van der Waals surface area contributed by atoms with Gasteiger partial charge in [-0.3, -0.25) is 0 Å². The molecule has 2 aliphatic heterocycles. The third-order valence-corrected chi connectivity index (χ3v) is 7.03. The van der Waals surface area contributed by atoms with Crippen LogP contribution >= 0.6 is 11.9 Å². The van der Waals surface area contributed by atoms with Crippen LogP contribution in [0.1, 0.15) is 49.3 Å². The van der Waals surface area contributed by atoms with Crippen molar-refractivity contribution in [2.24, 2.45) is 5.92 Å². The molecule has 2 nitrogen and oxygen atoms in total. The van der Waals surface area contributed by atoms with Gasteiger partial charge in [-0.25, -0.2) is 4.31 Å². The highest BCUT2D eigenvalue weighted by Crippen LogP contribution is 2.33. The van der Waals surface area contributed by atoms with Crippen molar-refractivity contribution in [2.75, 3.05) is 26.2 Å². The summed E-state index contributed by atoms with van der Waals surface area (Å²) in [5.41, 5.74) is 4.24. The molecule has 2 fully saturated rings. The summed E-state index contributed by atoms with van der Waals surface area (Å²) >= 11 is 1.99. The van der Waals surface area contributed by atoms with Gasteiger partial charge < -0.3 is 4.90 Å². The molecule has 0 saturated carbocycles. The largest absolute Gasteiger partial charge is 0.300 e. The quantitative estimate of drug-likeness (QED) is 0.733. The molecule has 0 aromatic heterocycles. The second kappa shape index (κ2) is 7.58. The predicted molar refractivity (Wildman–Crippen MR) is 101 cm³/mol. The number of rotatable bonds is 3. The summed E-state index contributed by atoms with van der Waals surface area (Å²) in [6, 6.07) is 5.47. The first-order valence-corrected chi connectivity index (χ1v) is 10.0. The number of piperidine rings is 2. The molecule has 0 unspecified atom stereocenters. The van der Waals surface area contributed by atoms with Crippen molar-refractivity contribution < 1.29 is 0 Å². The average molecular weight is 333 g/mol. The maximum Gasteiger partial charge on any atom is 0.0288 e. The highest BCUT2D eigenvalue weighted by atomic mass is 32.2. The molecule has 2 aliphatic rings. The van der Waals surface area contributed by atoms with E-state index >= 15 is 0 Å². The minimum atomic E-state index is 0.833. The third-order valence-electron chi connectivity index (χ3n) is 5.58. The van der Waals surface area contributed by atoms with Gasteiger partial charge in [0.25, 0.3) is 0 Å². The Morgan fingerprint density at radius 3 is 2.00 bits per heavy atom. The van der Waals surface area contributed by atoms with Gasteiger partial charge in [0.2, 0.25) is 0 Å². The van der Waals surface area contributed by atoms with Crippen molar-refractivity contribution >= 4 is 11.9 Å². The van der Waals surface area contributed by atoms with E-state index in [4.69, 9.17) is 0 Å². The van der Waals surface area contributed by atoms with Gasteiger partial charge in [-0.1, -0.05) is 24.6 Å². The molecule has 3 rings (SSSR count). The summed E-state index contributed by atoms with van der Waals surface area (Å²) < 4.78 is 2.59. The second-order valence-electron chi connectivity index (χ2n) is 7.70. The van der Waals surface area contributed by atoms with Crippen LogP contribution in [0.3, 0.4) is 0 Å². The first-order valence-electron chi connectivity index (χ1n) is 9.27. The molecule has 0 N–H and O–H groups in total. The summed E-state index contributed by atoms with van der Waals surface area (Å²) in [6.45, 7) is 14.2. The Balaban J connectivity index is 1.53. The highest BCUT2D eigenvalue weighted by Gasteiger charge is 2.27. The van der Waals surface area contributed by atoms with Gasteiger partial charge >= 0.3 is 0 Å². The monoisotopic (exact) mass is 332 g/mol. The van der Waals surface area contributed by atoms with E-state index in [1.165, 1.54) is 73.4 Å². The number of likely N-dealkylation sites (tertiary alicyclic amines) is 1. The van der Waals surface area contributed by atoms with Crippen LogP contribution in [0.4, 0.5) is 0 Å². The van der Waals surface area contributed by atoms with Crippen LogP contribution in [0.15, 0.2) is 17.0 Å². The van der Waals surface area contributed by atoms with Crippen molar-refractivity contribution in [3.8, 4) is 0 Å². The first-order chi connectivity index (χ1) is 11.0. The van der Waals surface area contributed by atoms with Gasteiger partial charge in [-0.2, -0.15) is 0 Å².